The van der Waals surface area contributed by atoms with E-state index in [9.17, 15) is 4.79 Å². The van der Waals surface area contributed by atoms with Crippen LogP contribution in [0.1, 0.15) is 31.7 Å². The molecule has 1 aliphatic rings. The summed E-state index contributed by atoms with van der Waals surface area (Å²) in [4.78, 5) is 11.3. The fraction of sp³-hybridized carbons (Fsp3) is 0.533. The van der Waals surface area contributed by atoms with Gasteiger partial charge in [-0.25, -0.2) is 0 Å². The van der Waals surface area contributed by atoms with Crippen molar-refractivity contribution in [2.24, 2.45) is 11.8 Å². The van der Waals surface area contributed by atoms with Gasteiger partial charge in [0, 0.05) is 12.8 Å². The zero-order valence-corrected chi connectivity index (χ0v) is 10.6. The molecule has 17 heavy (non-hydrogen) atoms. The van der Waals surface area contributed by atoms with Gasteiger partial charge in [0.1, 0.15) is 11.5 Å². The Hall–Kier alpha value is -1.31. The van der Waals surface area contributed by atoms with Crippen molar-refractivity contribution >= 4 is 5.78 Å². The smallest absolute Gasteiger partial charge is 0.133 e. The molecule has 1 fully saturated rings. The first-order valence-corrected chi connectivity index (χ1v) is 6.33. The van der Waals surface area contributed by atoms with Crippen LogP contribution < -0.4 is 4.74 Å². The third kappa shape index (κ3) is 3.09. The molecule has 0 heterocycles. The van der Waals surface area contributed by atoms with Crippen LogP contribution in [0.3, 0.4) is 0 Å². The lowest BCUT2D eigenvalue weighted by Gasteiger charge is -2.28. The van der Waals surface area contributed by atoms with Crippen molar-refractivity contribution in [1.82, 2.24) is 0 Å². The van der Waals surface area contributed by atoms with Gasteiger partial charge in [-0.05, 0) is 42.4 Å². The molecule has 2 atom stereocenters. The van der Waals surface area contributed by atoms with Crippen molar-refractivity contribution in [2.45, 2.75) is 32.6 Å². The molecule has 92 valence electrons. The molecule has 2 nitrogen and oxygen atoms in total. The Labute approximate surface area is 103 Å². The van der Waals surface area contributed by atoms with Crippen molar-refractivity contribution in [3.63, 3.8) is 0 Å². The highest BCUT2D eigenvalue weighted by atomic mass is 16.5. The second kappa shape index (κ2) is 5.35. The Morgan fingerprint density at radius 1 is 1.29 bits per heavy atom. The lowest BCUT2D eigenvalue weighted by atomic mass is 9.77. The van der Waals surface area contributed by atoms with Crippen LogP contribution in [0.2, 0.25) is 0 Å². The van der Waals surface area contributed by atoms with Gasteiger partial charge in [0.05, 0.1) is 7.11 Å². The van der Waals surface area contributed by atoms with E-state index in [-0.39, 0.29) is 0 Å². The van der Waals surface area contributed by atoms with Gasteiger partial charge < -0.3 is 4.74 Å². The Balaban J connectivity index is 1.97. The Morgan fingerprint density at radius 3 is 2.59 bits per heavy atom. The summed E-state index contributed by atoms with van der Waals surface area (Å²) >= 11 is 0. The number of benzene rings is 1. The second-order valence-electron chi connectivity index (χ2n) is 5.07. The van der Waals surface area contributed by atoms with E-state index < -0.39 is 0 Å². The van der Waals surface area contributed by atoms with E-state index in [4.69, 9.17) is 4.74 Å². The lowest BCUT2D eigenvalue weighted by Crippen LogP contribution is -2.24. The molecular weight excluding hydrogens is 212 g/mol. The number of rotatable bonds is 3. The Morgan fingerprint density at radius 2 is 2.00 bits per heavy atom. The number of hydrogen-bond donors (Lipinski definition) is 0. The molecule has 1 aromatic rings. The third-order valence-electron chi connectivity index (χ3n) is 3.81. The second-order valence-corrected chi connectivity index (χ2v) is 5.07. The molecule has 0 spiro atoms. The molecule has 0 aliphatic heterocycles. The molecule has 0 saturated heterocycles. The highest BCUT2D eigenvalue weighted by Gasteiger charge is 2.25. The predicted octanol–water partition coefficient (Wildman–Crippen LogP) is 3.24. The fourth-order valence-corrected chi connectivity index (χ4v) is 2.63. The molecule has 2 unspecified atom stereocenters. The van der Waals surface area contributed by atoms with Crippen LogP contribution in [-0.2, 0) is 11.2 Å². The normalized spacial score (nSPS) is 24.7. The number of carbonyl (C=O) groups excluding carboxylic acids is 1. The minimum atomic E-state index is 0.434. The average molecular weight is 232 g/mol. The first kappa shape index (κ1) is 12.2. The number of Topliss-reactive ketones (excluding diaryl/α,β-unsaturated/α-hetero) is 1. The van der Waals surface area contributed by atoms with E-state index in [1.54, 1.807) is 7.11 Å². The van der Waals surface area contributed by atoms with Crippen LogP contribution in [0.4, 0.5) is 0 Å². The van der Waals surface area contributed by atoms with E-state index in [1.165, 1.54) is 5.56 Å². The maximum absolute atomic E-state index is 11.3. The summed E-state index contributed by atoms with van der Waals surface area (Å²) in [5.41, 5.74) is 1.34. The van der Waals surface area contributed by atoms with Gasteiger partial charge in [-0.1, -0.05) is 19.1 Å². The molecule has 0 bridgehead atoms. The summed E-state index contributed by atoms with van der Waals surface area (Å²) in [6, 6.07) is 8.27. The average Bonchev–Trinajstić information content (AvgIpc) is 2.34. The summed E-state index contributed by atoms with van der Waals surface area (Å²) in [7, 11) is 1.68. The molecule has 2 heteroatoms. The largest absolute Gasteiger partial charge is 0.497 e. The number of ether oxygens (including phenoxy) is 1. The van der Waals surface area contributed by atoms with Crippen LogP contribution in [0.5, 0.6) is 5.75 Å². The number of ketones is 1. The van der Waals surface area contributed by atoms with E-state index in [2.05, 4.69) is 19.1 Å². The van der Waals surface area contributed by atoms with Gasteiger partial charge in [-0.2, -0.15) is 0 Å². The number of hydrogen-bond acceptors (Lipinski definition) is 2. The van der Waals surface area contributed by atoms with Crippen LogP contribution in [0.15, 0.2) is 24.3 Å². The van der Waals surface area contributed by atoms with E-state index >= 15 is 0 Å². The maximum atomic E-state index is 11.3. The fourth-order valence-electron chi connectivity index (χ4n) is 2.63. The number of methoxy groups -OCH3 is 1. The minimum Gasteiger partial charge on any atom is -0.497 e. The van der Waals surface area contributed by atoms with Gasteiger partial charge in [0.15, 0.2) is 0 Å². The van der Waals surface area contributed by atoms with E-state index in [0.717, 1.165) is 31.4 Å². The van der Waals surface area contributed by atoms with Gasteiger partial charge in [-0.15, -0.1) is 0 Å². The standard InChI is InChI=1S/C15H20O2/c1-11-9-14(16)6-5-13(11)10-12-3-7-15(17-2)8-4-12/h3-4,7-8,11,13H,5-6,9-10H2,1-2H3. The van der Waals surface area contributed by atoms with Crippen molar-refractivity contribution in [1.29, 1.82) is 0 Å². The molecule has 0 N–H and O–H groups in total. The lowest BCUT2D eigenvalue weighted by molar-refractivity contribution is -0.122. The zero-order valence-electron chi connectivity index (χ0n) is 10.6. The molecule has 0 amide bonds. The molecule has 0 radical (unpaired) electrons. The molecule has 1 aromatic carbocycles. The van der Waals surface area contributed by atoms with Crippen molar-refractivity contribution in [3.8, 4) is 5.75 Å². The Kier molecular flexibility index (Phi) is 3.82. The van der Waals surface area contributed by atoms with E-state index in [1.807, 2.05) is 12.1 Å². The highest BCUT2D eigenvalue weighted by molar-refractivity contribution is 5.79. The van der Waals surface area contributed by atoms with Gasteiger partial charge in [0.2, 0.25) is 0 Å². The predicted molar refractivity (Wildman–Crippen MR) is 68.2 cm³/mol. The van der Waals surface area contributed by atoms with Crippen LogP contribution >= 0.6 is 0 Å². The monoisotopic (exact) mass is 232 g/mol. The van der Waals surface area contributed by atoms with Crippen LogP contribution in [0, 0.1) is 11.8 Å². The molecule has 1 aliphatic carbocycles. The van der Waals surface area contributed by atoms with Gasteiger partial charge in [-0.3, -0.25) is 4.79 Å². The van der Waals surface area contributed by atoms with E-state index in [0.29, 0.717) is 17.6 Å². The SMILES string of the molecule is COc1ccc(CC2CCC(=O)CC2C)cc1. The third-order valence-corrected chi connectivity index (χ3v) is 3.81. The van der Waals surface area contributed by atoms with Gasteiger partial charge in [0.25, 0.3) is 0 Å². The first-order valence-electron chi connectivity index (χ1n) is 6.33. The first-order chi connectivity index (χ1) is 8.19. The minimum absolute atomic E-state index is 0.434. The molecular formula is C15H20O2. The van der Waals surface area contributed by atoms with Crippen molar-refractivity contribution in [2.75, 3.05) is 7.11 Å². The highest BCUT2D eigenvalue weighted by Crippen LogP contribution is 2.30. The maximum Gasteiger partial charge on any atom is 0.133 e. The molecule has 0 aromatic heterocycles. The van der Waals surface area contributed by atoms with Crippen molar-refractivity contribution in [3.05, 3.63) is 29.8 Å². The summed E-state index contributed by atoms with van der Waals surface area (Å²) in [6.07, 6.45) is 3.66. The topological polar surface area (TPSA) is 26.3 Å². The zero-order chi connectivity index (χ0) is 12.3. The van der Waals surface area contributed by atoms with Gasteiger partial charge >= 0.3 is 0 Å². The van der Waals surface area contributed by atoms with Crippen LogP contribution in [0.25, 0.3) is 0 Å². The van der Waals surface area contributed by atoms with Crippen LogP contribution in [-0.4, -0.2) is 12.9 Å². The quantitative estimate of drug-likeness (QED) is 0.799. The summed E-state index contributed by atoms with van der Waals surface area (Å²) in [6.45, 7) is 2.20. The molecule has 2 rings (SSSR count). The molecule has 1 saturated carbocycles. The van der Waals surface area contributed by atoms with Crippen molar-refractivity contribution < 1.29 is 9.53 Å². The summed E-state index contributed by atoms with van der Waals surface area (Å²) in [5.74, 6) is 2.52. The summed E-state index contributed by atoms with van der Waals surface area (Å²) in [5, 5.41) is 0. The summed E-state index contributed by atoms with van der Waals surface area (Å²) < 4.78 is 5.15. The number of carbonyl (C=O) groups is 1. The Bertz CT molecular complexity index is 380.